The van der Waals surface area contributed by atoms with E-state index in [1.165, 1.54) is 32.3 Å². The molecule has 1 aromatic rings. The second-order valence-corrected chi connectivity index (χ2v) is 4.91. The number of nitrogens with zero attached hydrogens (tertiary/aromatic N) is 1. The summed E-state index contributed by atoms with van der Waals surface area (Å²) in [6, 6.07) is 3.46. The SMILES string of the molecule is C=C1CCN(C(=O)C=Cc2ccc(OC)c(OC)c2OC)C1=O. The topological polar surface area (TPSA) is 65.1 Å². The van der Waals surface area contributed by atoms with Gasteiger partial charge in [-0.05, 0) is 24.6 Å². The highest BCUT2D eigenvalue weighted by molar-refractivity contribution is 6.10. The maximum atomic E-state index is 12.1. The molecule has 1 saturated heterocycles. The molecule has 0 saturated carbocycles. The van der Waals surface area contributed by atoms with Crippen molar-refractivity contribution in [1.29, 1.82) is 0 Å². The largest absolute Gasteiger partial charge is 0.493 e. The van der Waals surface area contributed by atoms with Crippen LogP contribution in [0, 0.1) is 0 Å². The normalized spacial score (nSPS) is 14.5. The first-order valence-electron chi connectivity index (χ1n) is 7.04. The van der Waals surface area contributed by atoms with Crippen LogP contribution in [0.4, 0.5) is 0 Å². The molecular weight excluding hydrogens is 298 g/mol. The lowest BCUT2D eigenvalue weighted by atomic mass is 10.1. The van der Waals surface area contributed by atoms with Crippen molar-refractivity contribution in [3.8, 4) is 17.2 Å². The molecule has 122 valence electrons. The Balaban J connectivity index is 2.27. The molecule has 1 heterocycles. The summed E-state index contributed by atoms with van der Waals surface area (Å²) < 4.78 is 15.8. The van der Waals surface area contributed by atoms with Crippen molar-refractivity contribution >= 4 is 17.9 Å². The van der Waals surface area contributed by atoms with Gasteiger partial charge in [0.05, 0.1) is 21.3 Å². The standard InChI is InChI=1S/C17H19NO5/c1-11-9-10-18(17(11)20)14(19)8-6-12-5-7-13(21-2)16(23-4)15(12)22-3/h5-8H,1,9-10H2,2-4H3. The quantitative estimate of drug-likeness (QED) is 0.778. The van der Waals surface area contributed by atoms with Crippen molar-refractivity contribution in [1.82, 2.24) is 4.90 Å². The van der Waals surface area contributed by atoms with Crippen LogP contribution < -0.4 is 14.2 Å². The number of carbonyl (C=O) groups excluding carboxylic acids is 2. The number of benzene rings is 1. The van der Waals surface area contributed by atoms with Gasteiger partial charge in [-0.1, -0.05) is 6.58 Å². The van der Waals surface area contributed by atoms with Crippen LogP contribution in [0.5, 0.6) is 17.2 Å². The van der Waals surface area contributed by atoms with Gasteiger partial charge in [0.25, 0.3) is 11.8 Å². The van der Waals surface area contributed by atoms with Crippen LogP contribution in [0.2, 0.25) is 0 Å². The molecule has 0 aromatic heterocycles. The first-order valence-corrected chi connectivity index (χ1v) is 7.04. The van der Waals surface area contributed by atoms with Crippen molar-refractivity contribution in [3.05, 3.63) is 35.9 Å². The molecule has 0 radical (unpaired) electrons. The highest BCUT2D eigenvalue weighted by atomic mass is 16.5. The molecule has 0 unspecified atom stereocenters. The Morgan fingerprint density at radius 1 is 1.17 bits per heavy atom. The fraction of sp³-hybridized carbons (Fsp3) is 0.294. The predicted octanol–water partition coefficient (Wildman–Crippen LogP) is 2.04. The van der Waals surface area contributed by atoms with Gasteiger partial charge in [-0.15, -0.1) is 0 Å². The minimum Gasteiger partial charge on any atom is -0.493 e. The average molecular weight is 317 g/mol. The van der Waals surface area contributed by atoms with E-state index in [9.17, 15) is 9.59 Å². The smallest absolute Gasteiger partial charge is 0.256 e. The highest BCUT2D eigenvalue weighted by Gasteiger charge is 2.28. The molecule has 1 aromatic carbocycles. The molecule has 0 spiro atoms. The Kier molecular flexibility index (Phi) is 5.05. The zero-order valence-corrected chi connectivity index (χ0v) is 13.4. The van der Waals surface area contributed by atoms with Crippen molar-refractivity contribution in [2.75, 3.05) is 27.9 Å². The number of hydrogen-bond acceptors (Lipinski definition) is 5. The molecule has 1 fully saturated rings. The monoisotopic (exact) mass is 317 g/mol. The van der Waals surface area contributed by atoms with Gasteiger partial charge < -0.3 is 14.2 Å². The van der Waals surface area contributed by atoms with Gasteiger partial charge in [-0.3, -0.25) is 14.5 Å². The number of likely N-dealkylation sites (tertiary alicyclic amines) is 1. The van der Waals surface area contributed by atoms with Crippen molar-refractivity contribution in [2.45, 2.75) is 6.42 Å². The van der Waals surface area contributed by atoms with Crippen molar-refractivity contribution in [2.24, 2.45) is 0 Å². The van der Waals surface area contributed by atoms with E-state index in [4.69, 9.17) is 14.2 Å². The van der Waals surface area contributed by atoms with Crippen molar-refractivity contribution < 1.29 is 23.8 Å². The van der Waals surface area contributed by atoms with Gasteiger partial charge in [0.15, 0.2) is 11.5 Å². The van der Waals surface area contributed by atoms with Gasteiger partial charge in [0.2, 0.25) is 5.75 Å². The van der Waals surface area contributed by atoms with E-state index in [-0.39, 0.29) is 11.8 Å². The number of carbonyl (C=O) groups is 2. The maximum absolute atomic E-state index is 12.1. The minimum absolute atomic E-state index is 0.320. The first kappa shape index (κ1) is 16.6. The summed E-state index contributed by atoms with van der Waals surface area (Å²) in [6.07, 6.45) is 3.43. The van der Waals surface area contributed by atoms with Crippen LogP contribution in [-0.2, 0) is 9.59 Å². The third-order valence-electron chi connectivity index (χ3n) is 3.59. The molecule has 1 aliphatic heterocycles. The molecule has 2 amide bonds. The number of rotatable bonds is 5. The number of ether oxygens (including phenoxy) is 3. The van der Waals surface area contributed by atoms with Gasteiger partial charge in [-0.25, -0.2) is 0 Å². The predicted molar refractivity (Wildman–Crippen MR) is 85.6 cm³/mol. The van der Waals surface area contributed by atoms with Gasteiger partial charge >= 0.3 is 0 Å². The minimum atomic E-state index is -0.384. The van der Waals surface area contributed by atoms with Gasteiger partial charge in [0, 0.05) is 23.8 Å². The van der Waals surface area contributed by atoms with Gasteiger partial charge in [-0.2, -0.15) is 0 Å². The van der Waals surface area contributed by atoms with E-state index in [1.54, 1.807) is 18.2 Å². The molecule has 0 atom stereocenters. The lowest BCUT2D eigenvalue weighted by molar-refractivity contribution is -0.137. The summed E-state index contributed by atoms with van der Waals surface area (Å²) in [4.78, 5) is 25.1. The Bertz CT molecular complexity index is 678. The number of imide groups is 1. The summed E-state index contributed by atoms with van der Waals surface area (Å²) in [5.74, 6) is 0.714. The molecule has 1 aliphatic rings. The number of amides is 2. The number of methoxy groups -OCH3 is 3. The number of hydrogen-bond donors (Lipinski definition) is 0. The Morgan fingerprint density at radius 2 is 1.87 bits per heavy atom. The van der Waals surface area contributed by atoms with E-state index < -0.39 is 0 Å². The summed E-state index contributed by atoms with van der Waals surface area (Å²) in [6.45, 7) is 4.00. The first-order chi connectivity index (χ1) is 11.0. The molecule has 6 nitrogen and oxygen atoms in total. The summed E-state index contributed by atoms with van der Waals surface area (Å²) in [5, 5.41) is 0. The molecular formula is C17H19NO5. The second-order valence-electron chi connectivity index (χ2n) is 4.91. The van der Waals surface area contributed by atoms with E-state index >= 15 is 0 Å². The zero-order valence-electron chi connectivity index (χ0n) is 13.4. The second kappa shape index (κ2) is 7.00. The third kappa shape index (κ3) is 3.21. The van der Waals surface area contributed by atoms with Crippen LogP contribution in [0.15, 0.2) is 30.4 Å². The van der Waals surface area contributed by atoms with E-state index in [0.29, 0.717) is 41.4 Å². The highest BCUT2D eigenvalue weighted by Crippen LogP contribution is 2.40. The molecule has 0 bridgehead atoms. The summed E-state index contributed by atoms with van der Waals surface area (Å²) in [7, 11) is 4.54. The Morgan fingerprint density at radius 3 is 2.39 bits per heavy atom. The molecule has 0 aliphatic carbocycles. The Hall–Kier alpha value is -2.76. The maximum Gasteiger partial charge on any atom is 0.256 e. The van der Waals surface area contributed by atoms with Crippen LogP contribution in [-0.4, -0.2) is 44.6 Å². The summed E-state index contributed by atoms with van der Waals surface area (Å²) in [5.41, 5.74) is 1.10. The van der Waals surface area contributed by atoms with E-state index in [1.807, 2.05) is 0 Å². The van der Waals surface area contributed by atoms with Crippen LogP contribution in [0.25, 0.3) is 6.08 Å². The fourth-order valence-electron chi connectivity index (χ4n) is 2.36. The Labute approximate surface area is 134 Å². The third-order valence-corrected chi connectivity index (χ3v) is 3.59. The molecule has 0 N–H and O–H groups in total. The molecule has 23 heavy (non-hydrogen) atoms. The average Bonchev–Trinajstić information content (AvgIpc) is 2.90. The van der Waals surface area contributed by atoms with E-state index in [2.05, 4.69) is 6.58 Å². The molecule has 6 heteroatoms. The van der Waals surface area contributed by atoms with Crippen molar-refractivity contribution in [3.63, 3.8) is 0 Å². The van der Waals surface area contributed by atoms with E-state index in [0.717, 1.165) is 0 Å². The van der Waals surface area contributed by atoms with Crippen LogP contribution >= 0.6 is 0 Å². The lowest BCUT2D eigenvalue weighted by Crippen LogP contribution is -2.30. The molecule has 2 rings (SSSR count). The van der Waals surface area contributed by atoms with Crippen LogP contribution in [0.3, 0.4) is 0 Å². The van der Waals surface area contributed by atoms with Gasteiger partial charge in [0.1, 0.15) is 0 Å². The summed E-state index contributed by atoms with van der Waals surface area (Å²) >= 11 is 0. The zero-order chi connectivity index (χ0) is 17.0. The van der Waals surface area contributed by atoms with Crippen LogP contribution in [0.1, 0.15) is 12.0 Å². The fourth-order valence-corrected chi connectivity index (χ4v) is 2.36. The lowest BCUT2D eigenvalue weighted by Gasteiger charge is -2.14.